The van der Waals surface area contributed by atoms with Crippen molar-refractivity contribution < 1.29 is 4.79 Å². The average Bonchev–Trinajstić information content (AvgIpc) is 3.17. The molecule has 0 unspecified atom stereocenters. The van der Waals surface area contributed by atoms with Crippen molar-refractivity contribution in [3.63, 3.8) is 0 Å². The average molecular weight is 533 g/mol. The first kappa shape index (κ1) is 28.2. The first-order valence-corrected chi connectivity index (χ1v) is 13.6. The molecular formula is C29H40N8O2. The van der Waals surface area contributed by atoms with E-state index >= 15 is 0 Å². The molecule has 1 aliphatic heterocycles. The summed E-state index contributed by atoms with van der Waals surface area (Å²) in [7, 11) is 2.18. The van der Waals surface area contributed by atoms with Gasteiger partial charge in [0.1, 0.15) is 5.39 Å². The lowest BCUT2D eigenvalue weighted by molar-refractivity contribution is -0.122. The number of aromatic nitrogens is 4. The minimum atomic E-state index is -0.547. The van der Waals surface area contributed by atoms with E-state index in [1.807, 2.05) is 40.7 Å². The fourth-order valence-corrected chi connectivity index (χ4v) is 5.00. The summed E-state index contributed by atoms with van der Waals surface area (Å²) in [6, 6.07) is 6.40. The van der Waals surface area contributed by atoms with Crippen LogP contribution in [0.5, 0.6) is 0 Å². The van der Waals surface area contributed by atoms with Gasteiger partial charge in [-0.25, -0.2) is 19.4 Å². The molecule has 0 spiro atoms. The third kappa shape index (κ3) is 5.95. The SMILES string of the molecule is C/C=C\C(=N/N(C=O)C(C)(C)C)n1c2nc(Nc3ccc(C4CCN(C)CC4)c(C)c3)ncc2c(=O)n1CC. The van der Waals surface area contributed by atoms with Gasteiger partial charge in [-0.1, -0.05) is 12.1 Å². The van der Waals surface area contributed by atoms with E-state index in [4.69, 9.17) is 4.98 Å². The Morgan fingerprint density at radius 1 is 1.26 bits per heavy atom. The summed E-state index contributed by atoms with van der Waals surface area (Å²) in [6.07, 6.45) is 8.14. The number of anilines is 2. The predicted molar refractivity (Wildman–Crippen MR) is 157 cm³/mol. The summed E-state index contributed by atoms with van der Waals surface area (Å²) in [6.45, 7) is 14.2. The van der Waals surface area contributed by atoms with Gasteiger partial charge in [0.15, 0.2) is 11.5 Å². The van der Waals surface area contributed by atoms with Gasteiger partial charge >= 0.3 is 0 Å². The Balaban J connectivity index is 1.74. The number of allylic oxidation sites excluding steroid dienone is 2. The molecule has 1 aliphatic rings. The number of nitrogens with zero attached hydrogens (tertiary/aromatic N) is 7. The molecule has 4 rings (SSSR count). The molecule has 0 aliphatic carbocycles. The van der Waals surface area contributed by atoms with E-state index in [0.29, 0.717) is 41.7 Å². The molecule has 39 heavy (non-hydrogen) atoms. The van der Waals surface area contributed by atoms with Gasteiger partial charge in [-0.3, -0.25) is 9.59 Å². The van der Waals surface area contributed by atoms with Crippen LogP contribution in [-0.2, 0) is 11.3 Å². The van der Waals surface area contributed by atoms with Crippen molar-refractivity contribution in [1.82, 2.24) is 29.2 Å². The third-order valence-corrected chi connectivity index (χ3v) is 7.19. The molecule has 10 heteroatoms. The van der Waals surface area contributed by atoms with Crippen LogP contribution in [0.3, 0.4) is 0 Å². The van der Waals surface area contributed by atoms with E-state index in [-0.39, 0.29) is 5.56 Å². The topological polar surface area (TPSA) is 101 Å². The first-order valence-electron chi connectivity index (χ1n) is 13.6. The second-order valence-electron chi connectivity index (χ2n) is 11.1. The molecule has 1 amide bonds. The van der Waals surface area contributed by atoms with Gasteiger partial charge < -0.3 is 10.2 Å². The third-order valence-electron chi connectivity index (χ3n) is 7.19. The summed E-state index contributed by atoms with van der Waals surface area (Å²) >= 11 is 0. The van der Waals surface area contributed by atoms with Crippen molar-refractivity contribution in [2.24, 2.45) is 5.10 Å². The monoisotopic (exact) mass is 532 g/mol. The van der Waals surface area contributed by atoms with Crippen LogP contribution in [0.1, 0.15) is 64.5 Å². The summed E-state index contributed by atoms with van der Waals surface area (Å²) in [5.41, 5.74) is 3.16. The van der Waals surface area contributed by atoms with Crippen LogP contribution in [0.2, 0.25) is 0 Å². The number of amides is 1. The molecule has 1 fully saturated rings. The number of carbonyl (C=O) groups is 1. The van der Waals surface area contributed by atoms with E-state index in [9.17, 15) is 9.59 Å². The number of nitrogens with one attached hydrogen (secondary N) is 1. The number of piperidine rings is 1. The number of hydrogen-bond donors (Lipinski definition) is 1. The molecule has 1 saturated heterocycles. The second kappa shape index (κ2) is 11.5. The molecule has 1 N–H and O–H groups in total. The van der Waals surface area contributed by atoms with E-state index in [1.165, 1.54) is 29.0 Å². The lowest BCUT2D eigenvalue weighted by Crippen LogP contribution is -2.38. The van der Waals surface area contributed by atoms with Crippen LogP contribution in [0.15, 0.2) is 46.4 Å². The molecule has 1 aromatic carbocycles. The number of benzene rings is 1. The van der Waals surface area contributed by atoms with Crippen LogP contribution in [-0.4, -0.2) is 67.2 Å². The Bertz CT molecular complexity index is 1450. The van der Waals surface area contributed by atoms with Gasteiger partial charge in [0, 0.05) is 18.4 Å². The molecule has 208 valence electrons. The number of hydrazone groups is 1. The van der Waals surface area contributed by atoms with E-state index in [1.54, 1.807) is 21.6 Å². The van der Waals surface area contributed by atoms with Crippen molar-refractivity contribution in [2.75, 3.05) is 25.5 Å². The van der Waals surface area contributed by atoms with Gasteiger partial charge in [0.2, 0.25) is 12.4 Å². The standard InChI is InChI=1S/C29H40N8O2/c1-8-10-25(33-36(19-38)29(4,5)6)37-26-24(27(39)35(37)9-2)18-30-28(32-26)31-22-11-12-23(20(3)17-22)21-13-15-34(7)16-14-21/h8,10-12,17-19,21H,9,13-16H2,1-7H3,(H,30,31,32)/b10-8-,33-25+. The zero-order chi connectivity index (χ0) is 28.3. The smallest absolute Gasteiger partial charge is 0.278 e. The van der Waals surface area contributed by atoms with Crippen LogP contribution in [0, 0.1) is 6.92 Å². The van der Waals surface area contributed by atoms with E-state index in [2.05, 4.69) is 52.5 Å². The van der Waals surface area contributed by atoms with Gasteiger partial charge in [-0.15, -0.1) is 5.10 Å². The van der Waals surface area contributed by atoms with Crippen molar-refractivity contribution >= 4 is 34.9 Å². The molecule has 0 saturated carbocycles. The predicted octanol–water partition coefficient (Wildman–Crippen LogP) is 4.47. The molecule has 3 aromatic rings. The minimum Gasteiger partial charge on any atom is -0.324 e. The fraction of sp³-hybridized carbons (Fsp3) is 0.483. The van der Waals surface area contributed by atoms with Gasteiger partial charge in [-0.2, -0.15) is 4.98 Å². The Morgan fingerprint density at radius 2 is 1.97 bits per heavy atom. The minimum absolute atomic E-state index is 0.219. The number of rotatable bonds is 7. The van der Waals surface area contributed by atoms with Crippen molar-refractivity contribution in [3.05, 3.63) is 58.0 Å². The summed E-state index contributed by atoms with van der Waals surface area (Å²) < 4.78 is 3.20. The molecule has 10 nitrogen and oxygen atoms in total. The van der Waals surface area contributed by atoms with Crippen molar-refractivity contribution in [2.45, 2.75) is 72.4 Å². The van der Waals surface area contributed by atoms with E-state index < -0.39 is 5.54 Å². The molecule has 0 atom stereocenters. The van der Waals surface area contributed by atoms with Crippen molar-refractivity contribution in [1.29, 1.82) is 0 Å². The van der Waals surface area contributed by atoms with Gasteiger partial charge in [0.25, 0.3) is 5.56 Å². The zero-order valence-corrected chi connectivity index (χ0v) is 24.1. The number of fused-ring (bicyclic) bond motifs is 1. The Hall–Kier alpha value is -3.79. The van der Waals surface area contributed by atoms with Crippen LogP contribution in [0.4, 0.5) is 11.6 Å². The number of carbonyl (C=O) groups excluding carboxylic acids is 1. The summed E-state index contributed by atoms with van der Waals surface area (Å²) in [4.78, 5) is 36.7. The lowest BCUT2D eigenvalue weighted by atomic mass is 9.87. The molecule has 2 aromatic heterocycles. The molecule has 3 heterocycles. The number of likely N-dealkylation sites (tertiary alicyclic amines) is 1. The molecular weight excluding hydrogens is 492 g/mol. The summed E-state index contributed by atoms with van der Waals surface area (Å²) in [5, 5.41) is 9.63. The Kier molecular flexibility index (Phi) is 8.34. The van der Waals surface area contributed by atoms with Gasteiger partial charge in [-0.05, 0) is 110 Å². The highest BCUT2D eigenvalue weighted by molar-refractivity contribution is 5.99. The van der Waals surface area contributed by atoms with Gasteiger partial charge in [0.05, 0.1) is 5.54 Å². The largest absolute Gasteiger partial charge is 0.324 e. The zero-order valence-electron chi connectivity index (χ0n) is 24.1. The molecule has 0 bridgehead atoms. The highest BCUT2D eigenvalue weighted by Crippen LogP contribution is 2.31. The maximum Gasteiger partial charge on any atom is 0.278 e. The molecule has 0 radical (unpaired) electrons. The first-order chi connectivity index (χ1) is 18.6. The number of hydrogen-bond acceptors (Lipinski definition) is 7. The Morgan fingerprint density at radius 3 is 2.56 bits per heavy atom. The van der Waals surface area contributed by atoms with Crippen LogP contribution in [0.25, 0.3) is 11.0 Å². The fourth-order valence-electron chi connectivity index (χ4n) is 5.00. The van der Waals surface area contributed by atoms with Crippen LogP contribution < -0.4 is 10.9 Å². The van der Waals surface area contributed by atoms with Crippen LogP contribution >= 0.6 is 0 Å². The quantitative estimate of drug-likeness (QED) is 0.209. The highest BCUT2D eigenvalue weighted by atomic mass is 16.1. The second-order valence-corrected chi connectivity index (χ2v) is 11.1. The highest BCUT2D eigenvalue weighted by Gasteiger charge is 2.23. The van der Waals surface area contributed by atoms with Crippen molar-refractivity contribution in [3.8, 4) is 0 Å². The summed E-state index contributed by atoms with van der Waals surface area (Å²) in [5.74, 6) is 1.35. The maximum atomic E-state index is 13.2. The Labute approximate surface area is 230 Å². The normalized spacial score (nSPS) is 15.8. The number of aryl methyl sites for hydroxylation is 1. The lowest BCUT2D eigenvalue weighted by Gasteiger charge is -2.30. The maximum absolute atomic E-state index is 13.2. The van der Waals surface area contributed by atoms with E-state index in [0.717, 1.165) is 18.8 Å².